The zero-order valence-electron chi connectivity index (χ0n) is 20.1. The molecular formula is C26H23Cl2F2NO6S. The summed E-state index contributed by atoms with van der Waals surface area (Å²) < 4.78 is 47.9. The van der Waals surface area contributed by atoms with Crippen molar-refractivity contribution in [1.82, 2.24) is 0 Å². The zero-order chi connectivity index (χ0) is 27.2. The van der Waals surface area contributed by atoms with Gasteiger partial charge < -0.3 is 24.2 Å². The van der Waals surface area contributed by atoms with Gasteiger partial charge in [0, 0.05) is 16.9 Å². The van der Waals surface area contributed by atoms with E-state index in [9.17, 15) is 18.8 Å². The molecule has 1 fully saturated rings. The number of carbonyl (C=O) groups excluding carboxylic acids is 1. The molecule has 38 heavy (non-hydrogen) atoms. The molecule has 0 bridgehead atoms. The normalized spacial score (nSPS) is 13.7. The Labute approximate surface area is 232 Å². The summed E-state index contributed by atoms with van der Waals surface area (Å²) in [5, 5.41) is 11.2. The molecule has 0 aliphatic heterocycles. The van der Waals surface area contributed by atoms with Crippen LogP contribution in [0.2, 0.25) is 10.0 Å². The number of pyridine rings is 1. The van der Waals surface area contributed by atoms with Crippen LogP contribution in [-0.2, 0) is 11.2 Å². The number of carbonyl (C=O) groups is 1. The maximum Gasteiger partial charge on any atom is 0.387 e. The standard InChI is InChI=1S/C26H23Cl2F2NO6S/c1-34-17-3-2-4-18(10-17)38-26(32)37-23(11-19-20(27)12-31(33)13-21(19)28)16-7-8-22(36-25(29)30)24(9-16)35-14-15-5-6-15/h2-4,7-10,12-13,15,23,25H,5-6,11,14H2,1H3/t23-/m0/s1. The molecule has 3 aromatic rings. The number of alkyl halides is 2. The van der Waals surface area contributed by atoms with Crippen molar-refractivity contribution in [2.75, 3.05) is 13.7 Å². The molecule has 0 N–H and O–H groups in total. The summed E-state index contributed by atoms with van der Waals surface area (Å²) in [7, 11) is 1.52. The first-order valence-corrected chi connectivity index (χ1v) is 13.1. The second-order valence-electron chi connectivity index (χ2n) is 8.47. The van der Waals surface area contributed by atoms with Crippen molar-refractivity contribution < 1.29 is 37.3 Å². The Morgan fingerprint density at radius 2 is 1.87 bits per heavy atom. The van der Waals surface area contributed by atoms with Crippen molar-refractivity contribution >= 4 is 40.3 Å². The second kappa shape index (κ2) is 12.7. The molecule has 2 aromatic carbocycles. The molecule has 202 valence electrons. The van der Waals surface area contributed by atoms with Gasteiger partial charge >= 0.3 is 11.9 Å². The lowest BCUT2D eigenvalue weighted by molar-refractivity contribution is -0.605. The second-order valence-corrected chi connectivity index (χ2v) is 10.3. The molecule has 1 saturated carbocycles. The molecule has 1 aliphatic rings. The van der Waals surface area contributed by atoms with Gasteiger partial charge in [-0.2, -0.15) is 13.5 Å². The third kappa shape index (κ3) is 7.78. The Hall–Kier alpha value is -2.95. The van der Waals surface area contributed by atoms with Crippen LogP contribution in [0.4, 0.5) is 13.6 Å². The van der Waals surface area contributed by atoms with Crippen LogP contribution in [0.15, 0.2) is 59.8 Å². The van der Waals surface area contributed by atoms with Crippen LogP contribution in [0.25, 0.3) is 0 Å². The van der Waals surface area contributed by atoms with E-state index in [1.807, 2.05) is 0 Å². The Bertz CT molecular complexity index is 1270. The Morgan fingerprint density at radius 3 is 2.53 bits per heavy atom. The summed E-state index contributed by atoms with van der Waals surface area (Å²) in [6.45, 7) is -2.70. The quantitative estimate of drug-likeness (QED) is 0.101. The Balaban J connectivity index is 1.64. The molecule has 7 nitrogen and oxygen atoms in total. The van der Waals surface area contributed by atoms with Gasteiger partial charge in [-0.15, -0.1) is 0 Å². The van der Waals surface area contributed by atoms with E-state index in [1.54, 1.807) is 24.3 Å². The van der Waals surface area contributed by atoms with E-state index >= 15 is 0 Å². The molecule has 0 spiro atoms. The van der Waals surface area contributed by atoms with Crippen LogP contribution in [0.3, 0.4) is 0 Å². The molecule has 0 saturated heterocycles. The first-order valence-electron chi connectivity index (χ1n) is 11.5. The minimum atomic E-state index is -3.04. The largest absolute Gasteiger partial charge is 0.619 e. The van der Waals surface area contributed by atoms with E-state index in [-0.39, 0.29) is 28.0 Å². The molecule has 1 atom stereocenters. The highest BCUT2D eigenvalue weighted by atomic mass is 35.5. The predicted octanol–water partition coefficient (Wildman–Crippen LogP) is 7.24. The van der Waals surface area contributed by atoms with Crippen molar-refractivity contribution in [2.45, 2.75) is 36.9 Å². The van der Waals surface area contributed by atoms with E-state index in [0.717, 1.165) is 37.0 Å². The summed E-state index contributed by atoms with van der Waals surface area (Å²) in [6.07, 6.45) is 3.31. The van der Waals surface area contributed by atoms with Gasteiger partial charge in [-0.25, -0.2) is 4.79 Å². The zero-order valence-corrected chi connectivity index (χ0v) is 22.4. The molecule has 0 radical (unpaired) electrons. The number of nitrogens with zero attached hydrogens (tertiary/aromatic N) is 1. The lowest BCUT2D eigenvalue weighted by atomic mass is 10.0. The van der Waals surface area contributed by atoms with Gasteiger partial charge in [0.1, 0.15) is 21.9 Å². The highest BCUT2D eigenvalue weighted by Crippen LogP contribution is 2.38. The third-order valence-corrected chi connectivity index (χ3v) is 7.06. The first kappa shape index (κ1) is 28.1. The average molecular weight is 586 g/mol. The molecule has 0 unspecified atom stereocenters. The van der Waals surface area contributed by atoms with Gasteiger partial charge in [-0.1, -0.05) is 35.3 Å². The highest BCUT2D eigenvalue weighted by molar-refractivity contribution is 8.13. The summed E-state index contributed by atoms with van der Waals surface area (Å²) >= 11 is 13.4. The number of ether oxygens (including phenoxy) is 4. The number of benzene rings is 2. The van der Waals surface area contributed by atoms with Crippen LogP contribution >= 0.6 is 35.0 Å². The van der Waals surface area contributed by atoms with Gasteiger partial charge in [0.05, 0.1) is 13.7 Å². The lowest BCUT2D eigenvalue weighted by Crippen LogP contribution is -2.25. The van der Waals surface area contributed by atoms with E-state index in [0.29, 0.717) is 39.0 Å². The van der Waals surface area contributed by atoms with Gasteiger partial charge in [-0.3, -0.25) is 0 Å². The van der Waals surface area contributed by atoms with Crippen LogP contribution in [0, 0.1) is 11.1 Å². The van der Waals surface area contributed by atoms with Gasteiger partial charge in [0.25, 0.3) is 0 Å². The van der Waals surface area contributed by atoms with Gasteiger partial charge in [-0.05, 0) is 66.4 Å². The monoisotopic (exact) mass is 585 g/mol. The minimum Gasteiger partial charge on any atom is -0.619 e. The summed E-state index contributed by atoms with van der Waals surface area (Å²) in [5.41, 5.74) is 0.806. The van der Waals surface area contributed by atoms with Crippen LogP contribution in [-0.4, -0.2) is 25.6 Å². The van der Waals surface area contributed by atoms with Crippen LogP contribution in [0.1, 0.15) is 30.1 Å². The van der Waals surface area contributed by atoms with E-state index in [1.165, 1.54) is 25.3 Å². The fourth-order valence-electron chi connectivity index (χ4n) is 3.56. The highest BCUT2D eigenvalue weighted by Gasteiger charge is 2.26. The smallest absolute Gasteiger partial charge is 0.387 e. The SMILES string of the molecule is COc1cccc(SC(=O)O[C@@H](Cc2c(Cl)c[n+]([O-])cc2Cl)c2ccc(OC(F)F)c(OCC3CC3)c2)c1. The summed E-state index contributed by atoms with van der Waals surface area (Å²) in [6, 6.07) is 11.2. The van der Waals surface area contributed by atoms with E-state index < -0.39 is 18.0 Å². The van der Waals surface area contributed by atoms with Crippen molar-refractivity contribution in [3.63, 3.8) is 0 Å². The number of aromatic nitrogens is 1. The van der Waals surface area contributed by atoms with Gasteiger partial charge in [0.15, 0.2) is 23.9 Å². The number of methoxy groups -OCH3 is 1. The summed E-state index contributed by atoms with van der Waals surface area (Å²) in [4.78, 5) is 13.5. The first-order chi connectivity index (χ1) is 18.2. The maximum atomic E-state index is 13.0. The molecule has 1 aliphatic carbocycles. The number of rotatable bonds is 11. The molecule has 1 heterocycles. The molecule has 4 rings (SSSR count). The summed E-state index contributed by atoms with van der Waals surface area (Å²) in [5.74, 6) is 0.883. The number of halogens is 4. The fourth-order valence-corrected chi connectivity index (χ4v) is 4.84. The minimum absolute atomic E-state index is 0.0000332. The van der Waals surface area contributed by atoms with E-state index in [2.05, 4.69) is 4.74 Å². The van der Waals surface area contributed by atoms with Crippen LogP contribution < -0.4 is 18.9 Å². The molecular weight excluding hydrogens is 563 g/mol. The molecule has 12 heteroatoms. The Kier molecular flexibility index (Phi) is 9.40. The van der Waals surface area contributed by atoms with Crippen molar-refractivity contribution in [1.29, 1.82) is 0 Å². The average Bonchev–Trinajstić information content (AvgIpc) is 3.69. The van der Waals surface area contributed by atoms with Crippen molar-refractivity contribution in [3.8, 4) is 17.2 Å². The number of thioether (sulfide) groups is 1. The van der Waals surface area contributed by atoms with Crippen molar-refractivity contribution in [3.05, 3.63) is 81.2 Å². The Morgan fingerprint density at radius 1 is 1.13 bits per heavy atom. The van der Waals surface area contributed by atoms with Crippen molar-refractivity contribution in [2.24, 2.45) is 5.92 Å². The molecule has 1 aromatic heterocycles. The number of hydrogen-bond acceptors (Lipinski definition) is 7. The topological polar surface area (TPSA) is 80.9 Å². The van der Waals surface area contributed by atoms with Crippen LogP contribution in [0.5, 0.6) is 17.2 Å². The number of hydrogen-bond donors (Lipinski definition) is 0. The third-order valence-electron chi connectivity index (χ3n) is 5.66. The lowest BCUT2D eigenvalue weighted by Gasteiger charge is -2.21. The fraction of sp³-hybridized carbons (Fsp3) is 0.308. The molecule has 0 amide bonds. The predicted molar refractivity (Wildman–Crippen MR) is 138 cm³/mol. The maximum absolute atomic E-state index is 13.0. The van der Waals surface area contributed by atoms with E-state index in [4.69, 9.17) is 37.4 Å². The van der Waals surface area contributed by atoms with Gasteiger partial charge in [0.2, 0.25) is 0 Å².